The van der Waals surface area contributed by atoms with Crippen LogP contribution in [0.2, 0.25) is 0 Å². The molecule has 6 nitrogen and oxygen atoms in total. The predicted molar refractivity (Wildman–Crippen MR) is 122 cm³/mol. The topological polar surface area (TPSA) is 64.8 Å². The van der Waals surface area contributed by atoms with Gasteiger partial charge in [0.25, 0.3) is 0 Å². The summed E-state index contributed by atoms with van der Waals surface area (Å²) >= 11 is 0. The van der Waals surface area contributed by atoms with Gasteiger partial charge in [-0.3, -0.25) is 0 Å². The van der Waals surface area contributed by atoms with Crippen LogP contribution >= 0.6 is 0 Å². The molecule has 2 aliphatic rings. The number of carbonyl (C=O) groups excluding carboxylic acids is 1. The number of benzene rings is 2. The van der Waals surface area contributed by atoms with E-state index in [9.17, 15) is 4.79 Å². The molecule has 0 N–H and O–H groups in total. The summed E-state index contributed by atoms with van der Waals surface area (Å²) < 4.78 is 16.7. The normalized spacial score (nSPS) is 17.6. The Hall–Kier alpha value is -3.28. The molecule has 1 aliphatic heterocycles. The molecule has 2 aromatic carbocycles. The standard InChI is InChI=1S/C26H28N2O4/c1-4-30-26(29)24-15-28(14-20-7-5-6-8-21(20)18-9-10-18)22-13-19(11-12-23(22)31-24)25-16(2)27-32-17(25)3/h5-8,11-13,18,24H,4,9-10,14-15H2,1-3H3. The number of rotatable bonds is 6. The maximum absolute atomic E-state index is 12.5. The molecule has 1 aliphatic carbocycles. The SMILES string of the molecule is CCOC(=O)C1CN(Cc2ccccc2C2CC2)c2cc(-c3c(C)noc3C)ccc2O1. The fourth-order valence-electron chi connectivity index (χ4n) is 4.59. The van der Waals surface area contributed by atoms with Crippen LogP contribution in [0.1, 0.15) is 48.3 Å². The lowest BCUT2D eigenvalue weighted by Gasteiger charge is -2.36. The summed E-state index contributed by atoms with van der Waals surface area (Å²) in [5, 5.41) is 4.10. The minimum absolute atomic E-state index is 0.326. The minimum atomic E-state index is -0.652. The van der Waals surface area contributed by atoms with Gasteiger partial charge in [0.1, 0.15) is 11.5 Å². The predicted octanol–water partition coefficient (Wildman–Crippen LogP) is 5.17. The van der Waals surface area contributed by atoms with Gasteiger partial charge in [-0.25, -0.2) is 4.79 Å². The van der Waals surface area contributed by atoms with Crippen molar-refractivity contribution in [2.24, 2.45) is 0 Å². The lowest BCUT2D eigenvalue weighted by atomic mass is 10.00. The van der Waals surface area contributed by atoms with Crippen molar-refractivity contribution in [1.82, 2.24) is 5.16 Å². The van der Waals surface area contributed by atoms with Crippen molar-refractivity contribution >= 4 is 11.7 Å². The zero-order valence-electron chi connectivity index (χ0n) is 18.8. The molecule has 166 valence electrons. The van der Waals surface area contributed by atoms with E-state index < -0.39 is 6.10 Å². The van der Waals surface area contributed by atoms with E-state index in [4.69, 9.17) is 14.0 Å². The van der Waals surface area contributed by atoms with Crippen molar-refractivity contribution in [3.63, 3.8) is 0 Å². The van der Waals surface area contributed by atoms with E-state index in [0.717, 1.165) is 28.3 Å². The number of anilines is 1. The van der Waals surface area contributed by atoms with Gasteiger partial charge < -0.3 is 18.9 Å². The van der Waals surface area contributed by atoms with Gasteiger partial charge in [-0.05, 0) is 68.4 Å². The Labute approximate surface area is 188 Å². The van der Waals surface area contributed by atoms with Crippen LogP contribution in [-0.4, -0.2) is 30.4 Å². The third-order valence-electron chi connectivity index (χ3n) is 6.26. The van der Waals surface area contributed by atoms with E-state index >= 15 is 0 Å². The largest absolute Gasteiger partial charge is 0.475 e. The van der Waals surface area contributed by atoms with Gasteiger partial charge in [-0.1, -0.05) is 35.5 Å². The number of nitrogens with zero attached hydrogens (tertiary/aromatic N) is 2. The van der Waals surface area contributed by atoms with Crippen LogP contribution in [0.15, 0.2) is 47.0 Å². The number of esters is 1. The molecule has 32 heavy (non-hydrogen) atoms. The zero-order valence-corrected chi connectivity index (χ0v) is 18.8. The van der Waals surface area contributed by atoms with Crippen LogP contribution in [0.5, 0.6) is 5.75 Å². The van der Waals surface area contributed by atoms with E-state index in [1.165, 1.54) is 24.0 Å². The molecule has 5 rings (SSSR count). The van der Waals surface area contributed by atoms with Gasteiger partial charge in [0, 0.05) is 12.1 Å². The molecule has 1 unspecified atom stereocenters. The van der Waals surface area contributed by atoms with Crippen molar-refractivity contribution in [2.45, 2.75) is 52.2 Å². The highest BCUT2D eigenvalue weighted by Gasteiger charge is 2.33. The number of fused-ring (bicyclic) bond motifs is 1. The van der Waals surface area contributed by atoms with Crippen molar-refractivity contribution in [3.8, 4) is 16.9 Å². The van der Waals surface area contributed by atoms with Crippen molar-refractivity contribution in [3.05, 3.63) is 65.0 Å². The van der Waals surface area contributed by atoms with Crippen molar-refractivity contribution < 1.29 is 18.8 Å². The Morgan fingerprint density at radius 3 is 2.72 bits per heavy atom. The lowest BCUT2D eigenvalue weighted by Crippen LogP contribution is -2.45. The van der Waals surface area contributed by atoms with Gasteiger partial charge in [0.05, 0.1) is 24.5 Å². The number of hydrogen-bond acceptors (Lipinski definition) is 6. The van der Waals surface area contributed by atoms with E-state index in [1.807, 2.05) is 32.9 Å². The number of aromatic nitrogens is 1. The molecule has 1 fully saturated rings. The number of hydrogen-bond donors (Lipinski definition) is 0. The molecular weight excluding hydrogens is 404 g/mol. The second kappa shape index (κ2) is 8.34. The highest BCUT2D eigenvalue weighted by atomic mass is 16.6. The summed E-state index contributed by atoms with van der Waals surface area (Å²) in [5.41, 5.74) is 6.56. The van der Waals surface area contributed by atoms with Crippen LogP contribution < -0.4 is 9.64 Å². The van der Waals surface area contributed by atoms with E-state index in [0.29, 0.717) is 31.4 Å². The highest BCUT2D eigenvalue weighted by molar-refractivity contribution is 5.80. The van der Waals surface area contributed by atoms with E-state index in [-0.39, 0.29) is 5.97 Å². The first kappa shape index (κ1) is 20.6. The molecule has 1 atom stereocenters. The fourth-order valence-corrected chi connectivity index (χ4v) is 4.59. The van der Waals surface area contributed by atoms with Gasteiger partial charge in [0.2, 0.25) is 6.10 Å². The summed E-state index contributed by atoms with van der Waals surface area (Å²) in [4.78, 5) is 14.8. The first-order valence-electron chi connectivity index (χ1n) is 11.3. The number of aryl methyl sites for hydroxylation is 2. The summed E-state index contributed by atoms with van der Waals surface area (Å²) in [5.74, 6) is 1.80. The molecular formula is C26H28N2O4. The molecule has 2 heterocycles. The van der Waals surface area contributed by atoms with Gasteiger partial charge in [-0.2, -0.15) is 0 Å². The zero-order chi connectivity index (χ0) is 22.2. The van der Waals surface area contributed by atoms with Crippen LogP contribution in [0.25, 0.3) is 11.1 Å². The summed E-state index contributed by atoms with van der Waals surface area (Å²) in [6, 6.07) is 14.7. The average molecular weight is 433 g/mol. The van der Waals surface area contributed by atoms with Crippen molar-refractivity contribution in [2.75, 3.05) is 18.1 Å². The average Bonchev–Trinajstić information content (AvgIpc) is 3.58. The molecule has 6 heteroatoms. The summed E-state index contributed by atoms with van der Waals surface area (Å²) in [6.45, 7) is 7.17. The van der Waals surface area contributed by atoms with Crippen LogP contribution in [0.4, 0.5) is 5.69 Å². The summed E-state index contributed by atoms with van der Waals surface area (Å²) in [6.07, 6.45) is 1.84. The first-order chi connectivity index (χ1) is 15.5. The third kappa shape index (κ3) is 3.85. The Kier molecular flexibility index (Phi) is 5.37. The maximum Gasteiger partial charge on any atom is 0.349 e. The molecule has 0 amide bonds. The smallest absolute Gasteiger partial charge is 0.349 e. The fraction of sp³-hybridized carbons (Fsp3) is 0.385. The van der Waals surface area contributed by atoms with Crippen molar-refractivity contribution in [1.29, 1.82) is 0 Å². The van der Waals surface area contributed by atoms with Crippen LogP contribution in [0.3, 0.4) is 0 Å². The highest BCUT2D eigenvalue weighted by Crippen LogP contribution is 2.43. The molecule has 0 spiro atoms. The first-order valence-corrected chi connectivity index (χ1v) is 11.3. The second-order valence-electron chi connectivity index (χ2n) is 8.59. The molecule has 3 aromatic rings. The Balaban J connectivity index is 1.54. The van der Waals surface area contributed by atoms with Crippen LogP contribution in [0, 0.1) is 13.8 Å². The monoisotopic (exact) mass is 432 g/mol. The molecule has 0 radical (unpaired) electrons. The number of ether oxygens (including phenoxy) is 2. The molecule has 1 saturated carbocycles. The second-order valence-corrected chi connectivity index (χ2v) is 8.59. The Morgan fingerprint density at radius 2 is 2.00 bits per heavy atom. The Morgan fingerprint density at radius 1 is 1.19 bits per heavy atom. The number of carbonyl (C=O) groups is 1. The van der Waals surface area contributed by atoms with Gasteiger partial charge in [0.15, 0.2) is 0 Å². The molecule has 1 aromatic heterocycles. The maximum atomic E-state index is 12.5. The lowest BCUT2D eigenvalue weighted by molar-refractivity contribution is -0.151. The van der Waals surface area contributed by atoms with Gasteiger partial charge in [-0.15, -0.1) is 0 Å². The quantitative estimate of drug-likeness (QED) is 0.501. The van der Waals surface area contributed by atoms with E-state index in [2.05, 4.69) is 40.4 Å². The van der Waals surface area contributed by atoms with E-state index in [1.54, 1.807) is 0 Å². The molecule has 0 bridgehead atoms. The summed E-state index contributed by atoms with van der Waals surface area (Å²) in [7, 11) is 0. The minimum Gasteiger partial charge on any atom is -0.475 e. The third-order valence-corrected chi connectivity index (χ3v) is 6.26. The Bertz CT molecular complexity index is 1130. The molecule has 0 saturated heterocycles. The van der Waals surface area contributed by atoms with Gasteiger partial charge >= 0.3 is 5.97 Å². The van der Waals surface area contributed by atoms with Crippen LogP contribution in [-0.2, 0) is 16.1 Å².